The minimum Gasteiger partial charge on any atom is -0.379 e. The number of morpholine rings is 1. The first-order chi connectivity index (χ1) is 8.84. The molecule has 2 fully saturated rings. The summed E-state index contributed by atoms with van der Waals surface area (Å²) in [5.74, 6) is 0. The summed E-state index contributed by atoms with van der Waals surface area (Å²) >= 11 is 0. The molecule has 2 saturated heterocycles. The van der Waals surface area contributed by atoms with Crippen molar-refractivity contribution in [1.82, 2.24) is 15.1 Å². The van der Waals surface area contributed by atoms with E-state index in [1.807, 2.05) is 0 Å². The average Bonchev–Trinajstić information content (AvgIpc) is 2.89. The van der Waals surface area contributed by atoms with Crippen LogP contribution in [0.5, 0.6) is 0 Å². The van der Waals surface area contributed by atoms with Crippen LogP contribution in [0.3, 0.4) is 0 Å². The molecule has 0 bridgehead atoms. The van der Waals surface area contributed by atoms with Gasteiger partial charge < -0.3 is 15.0 Å². The Hall–Kier alpha value is -0.160. The molecule has 4 heteroatoms. The van der Waals surface area contributed by atoms with E-state index in [9.17, 15) is 0 Å². The Balaban J connectivity index is 1.47. The fourth-order valence-corrected chi connectivity index (χ4v) is 2.89. The molecule has 2 rings (SSSR count). The molecule has 4 nitrogen and oxygen atoms in total. The van der Waals surface area contributed by atoms with Gasteiger partial charge in [-0.15, -0.1) is 0 Å². The van der Waals surface area contributed by atoms with Gasteiger partial charge in [0.15, 0.2) is 0 Å². The third-order valence-corrected chi connectivity index (χ3v) is 3.98. The highest BCUT2D eigenvalue weighted by Gasteiger charge is 2.13. The first-order valence-electron chi connectivity index (χ1n) is 7.60. The van der Waals surface area contributed by atoms with E-state index in [1.165, 1.54) is 38.9 Å². The lowest BCUT2D eigenvalue weighted by molar-refractivity contribution is 0.0344. The zero-order chi connectivity index (χ0) is 12.6. The van der Waals surface area contributed by atoms with Crippen LogP contribution in [0.1, 0.15) is 26.2 Å². The molecule has 1 N–H and O–H groups in total. The molecule has 0 aromatic heterocycles. The van der Waals surface area contributed by atoms with Crippen LogP contribution in [0.4, 0.5) is 0 Å². The molecule has 1 atom stereocenters. The summed E-state index contributed by atoms with van der Waals surface area (Å²) in [5.41, 5.74) is 0. The molecular weight excluding hydrogens is 226 g/mol. The van der Waals surface area contributed by atoms with E-state index in [0.29, 0.717) is 6.04 Å². The Morgan fingerprint density at radius 2 is 1.78 bits per heavy atom. The summed E-state index contributed by atoms with van der Waals surface area (Å²) in [5, 5.41) is 3.64. The molecule has 0 amide bonds. The van der Waals surface area contributed by atoms with Gasteiger partial charge in [-0.3, -0.25) is 4.90 Å². The van der Waals surface area contributed by atoms with Crippen molar-refractivity contribution in [2.24, 2.45) is 0 Å². The lowest BCUT2D eigenvalue weighted by Crippen LogP contribution is -2.44. The second-order valence-corrected chi connectivity index (χ2v) is 5.67. The van der Waals surface area contributed by atoms with Gasteiger partial charge in [-0.25, -0.2) is 0 Å². The number of hydrogen-bond acceptors (Lipinski definition) is 4. The maximum absolute atomic E-state index is 5.37. The number of hydrogen-bond donors (Lipinski definition) is 1. The van der Waals surface area contributed by atoms with Crippen molar-refractivity contribution < 1.29 is 4.74 Å². The molecular formula is C14H29N3O. The van der Waals surface area contributed by atoms with Crippen molar-refractivity contribution in [3.05, 3.63) is 0 Å². The smallest absolute Gasteiger partial charge is 0.0594 e. The van der Waals surface area contributed by atoms with Crippen molar-refractivity contribution in [3.63, 3.8) is 0 Å². The fourth-order valence-electron chi connectivity index (χ4n) is 2.89. The van der Waals surface area contributed by atoms with Gasteiger partial charge in [0.2, 0.25) is 0 Å². The van der Waals surface area contributed by atoms with E-state index < -0.39 is 0 Å². The molecule has 0 aliphatic carbocycles. The quantitative estimate of drug-likeness (QED) is 0.681. The van der Waals surface area contributed by atoms with E-state index in [1.54, 1.807) is 0 Å². The second-order valence-electron chi connectivity index (χ2n) is 5.67. The van der Waals surface area contributed by atoms with Gasteiger partial charge in [0, 0.05) is 25.7 Å². The molecule has 0 radical (unpaired) electrons. The summed E-state index contributed by atoms with van der Waals surface area (Å²) in [7, 11) is 0. The first kappa shape index (κ1) is 14.3. The molecule has 0 spiro atoms. The summed E-state index contributed by atoms with van der Waals surface area (Å²) in [6.07, 6.45) is 4.09. The average molecular weight is 255 g/mol. The Bertz CT molecular complexity index is 213. The van der Waals surface area contributed by atoms with Crippen molar-refractivity contribution >= 4 is 0 Å². The zero-order valence-electron chi connectivity index (χ0n) is 11.9. The van der Waals surface area contributed by atoms with Gasteiger partial charge >= 0.3 is 0 Å². The molecule has 0 saturated carbocycles. The largest absolute Gasteiger partial charge is 0.379 e. The van der Waals surface area contributed by atoms with E-state index in [2.05, 4.69) is 22.0 Å². The van der Waals surface area contributed by atoms with Gasteiger partial charge in [0.1, 0.15) is 0 Å². The topological polar surface area (TPSA) is 27.7 Å². The molecule has 1 unspecified atom stereocenters. The first-order valence-corrected chi connectivity index (χ1v) is 7.60. The molecule has 0 aromatic rings. The normalized spacial score (nSPS) is 24.5. The van der Waals surface area contributed by atoms with E-state index in [0.717, 1.165) is 39.4 Å². The van der Waals surface area contributed by atoms with Crippen LogP contribution in [0.15, 0.2) is 0 Å². The van der Waals surface area contributed by atoms with E-state index >= 15 is 0 Å². The molecule has 2 aliphatic heterocycles. The van der Waals surface area contributed by atoms with Gasteiger partial charge in [0.25, 0.3) is 0 Å². The SMILES string of the molecule is CC(CN1CCOCC1)NCCCN1CCCC1. The molecule has 18 heavy (non-hydrogen) atoms. The lowest BCUT2D eigenvalue weighted by Gasteiger charge is -2.29. The maximum Gasteiger partial charge on any atom is 0.0594 e. The molecule has 106 valence electrons. The third-order valence-electron chi connectivity index (χ3n) is 3.98. The summed E-state index contributed by atoms with van der Waals surface area (Å²) < 4.78 is 5.37. The number of ether oxygens (including phenoxy) is 1. The highest BCUT2D eigenvalue weighted by Crippen LogP contribution is 2.07. The van der Waals surface area contributed by atoms with Crippen LogP contribution in [0.2, 0.25) is 0 Å². The predicted octanol–water partition coefficient (Wildman–Crippen LogP) is 0.783. The van der Waals surface area contributed by atoms with Gasteiger partial charge in [-0.1, -0.05) is 0 Å². The van der Waals surface area contributed by atoms with Crippen molar-refractivity contribution in [1.29, 1.82) is 0 Å². The summed E-state index contributed by atoms with van der Waals surface area (Å²) in [4.78, 5) is 5.09. The second kappa shape index (κ2) is 8.10. The van der Waals surface area contributed by atoms with Gasteiger partial charge in [-0.2, -0.15) is 0 Å². The Morgan fingerprint density at radius 3 is 2.50 bits per heavy atom. The Morgan fingerprint density at radius 1 is 1.06 bits per heavy atom. The predicted molar refractivity (Wildman–Crippen MR) is 75.0 cm³/mol. The standard InChI is InChI=1S/C14H29N3O/c1-14(13-17-9-11-18-12-10-17)15-5-4-8-16-6-2-3-7-16/h14-15H,2-13H2,1H3. The van der Waals surface area contributed by atoms with Crippen LogP contribution in [0, 0.1) is 0 Å². The molecule has 2 aliphatic rings. The maximum atomic E-state index is 5.37. The van der Waals surface area contributed by atoms with Crippen molar-refractivity contribution in [3.8, 4) is 0 Å². The monoisotopic (exact) mass is 255 g/mol. The summed E-state index contributed by atoms with van der Waals surface area (Å²) in [6, 6.07) is 0.599. The zero-order valence-corrected chi connectivity index (χ0v) is 11.9. The Labute approximate surface area is 112 Å². The van der Waals surface area contributed by atoms with Crippen LogP contribution in [-0.2, 0) is 4.74 Å². The van der Waals surface area contributed by atoms with Crippen LogP contribution < -0.4 is 5.32 Å². The minimum atomic E-state index is 0.599. The highest BCUT2D eigenvalue weighted by molar-refractivity contribution is 4.71. The number of nitrogens with zero attached hydrogens (tertiary/aromatic N) is 2. The Kier molecular flexibility index (Phi) is 6.41. The number of nitrogens with one attached hydrogen (secondary N) is 1. The minimum absolute atomic E-state index is 0.599. The van der Waals surface area contributed by atoms with Crippen molar-refractivity contribution in [2.75, 3.05) is 59.0 Å². The summed E-state index contributed by atoms with van der Waals surface area (Å²) in [6.45, 7) is 12.5. The molecule has 2 heterocycles. The van der Waals surface area contributed by atoms with Crippen molar-refractivity contribution in [2.45, 2.75) is 32.2 Å². The fraction of sp³-hybridized carbons (Fsp3) is 1.00. The highest BCUT2D eigenvalue weighted by atomic mass is 16.5. The van der Waals surface area contributed by atoms with Crippen LogP contribution in [-0.4, -0.2) is 74.9 Å². The van der Waals surface area contributed by atoms with E-state index in [4.69, 9.17) is 4.74 Å². The molecule has 0 aromatic carbocycles. The van der Waals surface area contributed by atoms with Gasteiger partial charge in [0.05, 0.1) is 13.2 Å². The number of likely N-dealkylation sites (tertiary alicyclic amines) is 1. The van der Waals surface area contributed by atoms with Crippen LogP contribution in [0.25, 0.3) is 0 Å². The van der Waals surface area contributed by atoms with Gasteiger partial charge in [-0.05, 0) is 52.4 Å². The van der Waals surface area contributed by atoms with E-state index in [-0.39, 0.29) is 0 Å². The lowest BCUT2D eigenvalue weighted by atomic mass is 10.2. The third kappa shape index (κ3) is 5.22. The number of rotatable bonds is 7. The van der Waals surface area contributed by atoms with Crippen LogP contribution >= 0.6 is 0 Å².